The van der Waals surface area contributed by atoms with Crippen LogP contribution in [0.3, 0.4) is 0 Å². The first kappa shape index (κ1) is 27.3. The summed E-state index contributed by atoms with van der Waals surface area (Å²) in [4.78, 5) is 4.19. The van der Waals surface area contributed by atoms with Crippen LogP contribution in [0.5, 0.6) is 0 Å². The van der Waals surface area contributed by atoms with Crippen molar-refractivity contribution in [3.05, 3.63) is 119 Å². The molecule has 36 heavy (non-hydrogen) atoms. The largest absolute Gasteiger partial charge is 0.247 e. The average molecular weight is 486 g/mol. The maximum atomic E-state index is 12.4. The van der Waals surface area contributed by atoms with Gasteiger partial charge < -0.3 is 0 Å². The van der Waals surface area contributed by atoms with E-state index in [2.05, 4.69) is 92.4 Å². The Bertz CT molecular complexity index is 1160. The molecule has 0 unspecified atom stereocenters. The summed E-state index contributed by atoms with van der Waals surface area (Å²) in [5.41, 5.74) is 6.44. The minimum absolute atomic E-state index is 0.146. The van der Waals surface area contributed by atoms with E-state index in [9.17, 15) is 4.39 Å². The summed E-state index contributed by atoms with van der Waals surface area (Å²) in [6, 6.07) is 24.5. The molecular weight excluding hydrogens is 445 g/mol. The highest BCUT2D eigenvalue weighted by molar-refractivity contribution is 5.29. The van der Waals surface area contributed by atoms with Gasteiger partial charge in [-0.15, -0.1) is 0 Å². The molecule has 0 spiro atoms. The van der Waals surface area contributed by atoms with Crippen LogP contribution in [-0.2, 0) is 18.4 Å². The second-order valence-corrected chi connectivity index (χ2v) is 10.3. The van der Waals surface area contributed by atoms with Gasteiger partial charge in [0, 0.05) is 6.42 Å². The van der Waals surface area contributed by atoms with Crippen LogP contribution < -0.4 is 0 Å². The Morgan fingerprint density at radius 1 is 0.889 bits per heavy atom. The summed E-state index contributed by atoms with van der Waals surface area (Å²) >= 11 is 0. The summed E-state index contributed by atoms with van der Waals surface area (Å²) in [5.74, 6) is 1.43. The highest BCUT2D eigenvalue weighted by Crippen LogP contribution is 2.41. The number of aryl methyl sites for hydroxylation is 3. The second kappa shape index (κ2) is 12.6. The number of nitrogens with zero attached hydrogens (tertiary/aromatic N) is 3. The van der Waals surface area contributed by atoms with Crippen molar-refractivity contribution in [1.29, 1.82) is 0 Å². The van der Waals surface area contributed by atoms with E-state index in [4.69, 9.17) is 0 Å². The van der Waals surface area contributed by atoms with Crippen molar-refractivity contribution in [3.8, 4) is 0 Å². The predicted octanol–water partition coefficient (Wildman–Crippen LogP) is 8.19. The number of aromatic nitrogens is 3. The van der Waals surface area contributed by atoms with Crippen molar-refractivity contribution in [3.63, 3.8) is 0 Å². The first-order chi connectivity index (χ1) is 17.2. The molecule has 5 rings (SSSR count). The molecule has 3 aromatic carbocycles. The number of halogens is 1. The molecule has 1 saturated carbocycles. The maximum absolute atomic E-state index is 12.4. The van der Waals surface area contributed by atoms with Crippen LogP contribution in [-0.4, -0.2) is 14.8 Å². The molecule has 1 heterocycles. The Labute approximate surface area is 216 Å². The van der Waals surface area contributed by atoms with Gasteiger partial charge in [-0.2, -0.15) is 5.10 Å². The van der Waals surface area contributed by atoms with E-state index in [0.717, 1.165) is 29.8 Å². The molecule has 0 atom stereocenters. The van der Waals surface area contributed by atoms with Gasteiger partial charge >= 0.3 is 0 Å². The van der Waals surface area contributed by atoms with Gasteiger partial charge in [0.2, 0.25) is 0 Å². The molecule has 3 nitrogen and oxygen atoms in total. The van der Waals surface area contributed by atoms with E-state index >= 15 is 0 Å². The van der Waals surface area contributed by atoms with Gasteiger partial charge in [0.25, 0.3) is 0 Å². The zero-order chi connectivity index (χ0) is 26.1. The normalized spacial score (nSPS) is 13.3. The van der Waals surface area contributed by atoms with Crippen molar-refractivity contribution in [2.24, 2.45) is 0 Å². The molecule has 190 valence electrons. The van der Waals surface area contributed by atoms with E-state index in [-0.39, 0.29) is 5.82 Å². The summed E-state index contributed by atoms with van der Waals surface area (Å²) in [7, 11) is 0. The van der Waals surface area contributed by atoms with E-state index in [1.807, 2.05) is 30.9 Å². The smallest absolute Gasteiger partial charge is 0.150 e. The highest BCUT2D eigenvalue weighted by Gasteiger charge is 2.40. The molecule has 0 N–H and O–H groups in total. The average Bonchev–Trinajstić information content (AvgIpc) is 3.40. The summed E-state index contributed by atoms with van der Waals surface area (Å²) in [6.07, 6.45) is 6.31. The first-order valence-corrected chi connectivity index (χ1v) is 13.0. The fraction of sp³-hybridized carbons (Fsp3) is 0.375. The molecule has 0 amide bonds. The number of hydrogen-bond donors (Lipinski definition) is 0. The van der Waals surface area contributed by atoms with Crippen LogP contribution in [0.15, 0.2) is 79.1 Å². The number of hydrogen-bond acceptors (Lipinski definition) is 2. The van der Waals surface area contributed by atoms with E-state index in [0.29, 0.717) is 11.5 Å². The van der Waals surface area contributed by atoms with E-state index in [1.54, 1.807) is 0 Å². The summed E-state index contributed by atoms with van der Waals surface area (Å²) in [5, 5.41) is 4.37. The van der Waals surface area contributed by atoms with E-state index < -0.39 is 0 Å². The Kier molecular flexibility index (Phi) is 9.58. The van der Waals surface area contributed by atoms with Crippen LogP contribution in [0, 0.1) is 19.7 Å². The van der Waals surface area contributed by atoms with Crippen LogP contribution >= 0.6 is 0 Å². The fourth-order valence-electron chi connectivity index (χ4n) is 3.90. The zero-order valence-electron chi connectivity index (χ0n) is 22.6. The van der Waals surface area contributed by atoms with Gasteiger partial charge in [0.05, 0.1) is 5.54 Å². The summed E-state index contributed by atoms with van der Waals surface area (Å²) in [6.45, 7) is 12.5. The lowest BCUT2D eigenvalue weighted by molar-refractivity contribution is 0.468. The van der Waals surface area contributed by atoms with Gasteiger partial charge in [-0.1, -0.05) is 81.4 Å². The Hall–Kier alpha value is -3.27. The second-order valence-electron chi connectivity index (χ2n) is 10.3. The molecule has 1 aliphatic rings. The molecule has 0 radical (unpaired) electrons. The highest BCUT2D eigenvalue weighted by atomic mass is 19.1. The molecule has 0 aliphatic heterocycles. The standard InChI is InChI=1S/C16H18.C8H9F.C8H13N3/c1-13(2)16-10-8-15(9-11-16)12-14-6-4-3-5-7-14;1-6-3-7(2)5-8(9)4-6;1-3-7-9-6-11(10-7)8(2)4-5-8/h3-11,13H,12H2,1-2H3;3-5H,1-2H3;6H,3-5H2,1-2H3. The van der Waals surface area contributed by atoms with E-state index in [1.165, 1.54) is 41.7 Å². The van der Waals surface area contributed by atoms with Crippen molar-refractivity contribution in [2.45, 2.75) is 78.7 Å². The zero-order valence-corrected chi connectivity index (χ0v) is 22.6. The third-order valence-corrected chi connectivity index (χ3v) is 6.47. The minimum atomic E-state index is -0.146. The maximum Gasteiger partial charge on any atom is 0.150 e. The molecule has 4 aromatic rings. The van der Waals surface area contributed by atoms with Crippen LogP contribution in [0.2, 0.25) is 0 Å². The van der Waals surface area contributed by atoms with Crippen LogP contribution in [0.25, 0.3) is 0 Å². The lowest BCUT2D eigenvalue weighted by Gasteiger charge is -2.07. The molecule has 0 bridgehead atoms. The molecular formula is C32H40FN3. The Morgan fingerprint density at radius 3 is 1.94 bits per heavy atom. The monoisotopic (exact) mass is 485 g/mol. The fourth-order valence-corrected chi connectivity index (χ4v) is 3.90. The third-order valence-electron chi connectivity index (χ3n) is 6.47. The Balaban J connectivity index is 0.000000158. The number of rotatable bonds is 5. The third kappa shape index (κ3) is 8.44. The molecule has 1 aliphatic carbocycles. The SMILES string of the molecule is CC(C)c1ccc(Cc2ccccc2)cc1.CCc1ncn(C2(C)CC2)n1.Cc1cc(C)cc(F)c1. The molecule has 1 fully saturated rings. The Morgan fingerprint density at radius 2 is 1.47 bits per heavy atom. The van der Waals surface area contributed by atoms with Gasteiger partial charge in [0.15, 0.2) is 0 Å². The molecule has 1 aromatic heterocycles. The molecule has 0 saturated heterocycles. The van der Waals surface area contributed by atoms with Gasteiger partial charge in [-0.3, -0.25) is 0 Å². The quantitative estimate of drug-likeness (QED) is 0.285. The lowest BCUT2D eigenvalue weighted by Crippen LogP contribution is -2.12. The van der Waals surface area contributed by atoms with Gasteiger partial charge in [-0.05, 0) is 85.9 Å². The lowest BCUT2D eigenvalue weighted by atomic mass is 9.99. The molecule has 4 heteroatoms. The van der Waals surface area contributed by atoms with Crippen molar-refractivity contribution < 1.29 is 4.39 Å². The number of benzene rings is 3. The minimum Gasteiger partial charge on any atom is -0.247 e. The van der Waals surface area contributed by atoms with Crippen molar-refractivity contribution in [2.75, 3.05) is 0 Å². The first-order valence-electron chi connectivity index (χ1n) is 13.0. The van der Waals surface area contributed by atoms with Gasteiger partial charge in [0.1, 0.15) is 18.0 Å². The summed E-state index contributed by atoms with van der Waals surface area (Å²) < 4.78 is 14.4. The van der Waals surface area contributed by atoms with Crippen LogP contribution in [0.1, 0.15) is 80.1 Å². The van der Waals surface area contributed by atoms with Gasteiger partial charge in [-0.25, -0.2) is 14.1 Å². The predicted molar refractivity (Wildman–Crippen MR) is 148 cm³/mol. The topological polar surface area (TPSA) is 30.7 Å². The van der Waals surface area contributed by atoms with Crippen molar-refractivity contribution >= 4 is 0 Å². The van der Waals surface area contributed by atoms with Crippen LogP contribution in [0.4, 0.5) is 4.39 Å². The van der Waals surface area contributed by atoms with Crippen molar-refractivity contribution in [1.82, 2.24) is 14.8 Å².